The molecule has 64 heavy (non-hydrogen) atoms. The molecule has 0 bridgehead atoms. The largest absolute Gasteiger partial charge is 0.453 e. The molecule has 4 saturated heterocycles. The summed E-state index contributed by atoms with van der Waals surface area (Å²) >= 11 is 1.24. The first kappa shape index (κ1) is 41.0. The van der Waals surface area contributed by atoms with Gasteiger partial charge >= 0.3 is 6.03 Å². The number of nitrogens with zero attached hydrogens (tertiary/aromatic N) is 9. The molecule has 332 valence electrons. The van der Waals surface area contributed by atoms with E-state index in [9.17, 15) is 20.0 Å². The molecule has 5 aromatic rings. The normalized spacial score (nSPS) is 22.5. The van der Waals surface area contributed by atoms with E-state index in [1.54, 1.807) is 38.7 Å². The molecule has 4 aliphatic heterocycles. The average molecular weight is 890 g/mol. The molecule has 2 spiro atoms. The third-order valence-corrected chi connectivity index (χ3v) is 15.7. The molecule has 0 radical (unpaired) electrons. The summed E-state index contributed by atoms with van der Waals surface area (Å²) < 4.78 is 45.3. The number of aliphatic hydroxyl groups excluding tert-OH is 1. The fourth-order valence-corrected chi connectivity index (χ4v) is 12.0. The van der Waals surface area contributed by atoms with Crippen molar-refractivity contribution in [1.29, 1.82) is 5.26 Å². The second-order valence-corrected chi connectivity index (χ2v) is 19.8. The topological polar surface area (TPSA) is 160 Å². The van der Waals surface area contributed by atoms with Gasteiger partial charge in [0.15, 0.2) is 17.4 Å². The second kappa shape index (κ2) is 15.5. The maximum atomic E-state index is 15.7. The van der Waals surface area contributed by atoms with Gasteiger partial charge < -0.3 is 29.7 Å². The minimum atomic E-state index is -0.703. The van der Waals surface area contributed by atoms with Crippen LogP contribution in [0.4, 0.5) is 30.8 Å². The SMILES string of the molecule is C=C1CCN(c2nn(C)c3cc(N4CC5(CC(N6CCC7(CC6)CC(n6cnc8ccc(Oc9c(F)ccc(NSN%10CCC(O)C%10)c9C#N)cc8c6=O)C7)C5)C4)c(F)cc23)C(=O)N1. The Labute approximate surface area is 372 Å². The first-order chi connectivity index (χ1) is 30.9. The Bertz CT molecular complexity index is 2830. The first-order valence-electron chi connectivity index (χ1n) is 22.1. The van der Waals surface area contributed by atoms with Crippen LogP contribution in [0, 0.1) is 33.8 Å². The molecule has 2 amide bonds. The van der Waals surface area contributed by atoms with Gasteiger partial charge in [0.25, 0.3) is 5.56 Å². The monoisotopic (exact) mass is 889 g/mol. The van der Waals surface area contributed by atoms with Crippen LogP contribution in [0.1, 0.15) is 63.0 Å². The van der Waals surface area contributed by atoms with E-state index in [0.717, 1.165) is 70.2 Å². The van der Waals surface area contributed by atoms with Crippen LogP contribution in [-0.2, 0) is 7.05 Å². The molecule has 3 N–H and O–H groups in total. The number of nitrogens with one attached hydrogen (secondary N) is 2. The minimum absolute atomic E-state index is 0.00491. The number of carbonyl (C=O) groups excluding carboxylic acids is 1. The molecular weight excluding hydrogens is 841 g/mol. The number of β-amino-alcohol motifs (C(OH)–C–C–N with tert-alkyl or cyclic N) is 1. The zero-order valence-electron chi connectivity index (χ0n) is 35.5. The lowest BCUT2D eigenvalue weighted by molar-refractivity contribution is -0.0694. The molecule has 2 saturated carbocycles. The van der Waals surface area contributed by atoms with Gasteiger partial charge in [-0.2, -0.15) is 10.4 Å². The Morgan fingerprint density at radius 2 is 1.77 bits per heavy atom. The number of likely N-dealkylation sites (tertiary alicyclic amines) is 1. The predicted octanol–water partition coefficient (Wildman–Crippen LogP) is 6.79. The van der Waals surface area contributed by atoms with Crippen LogP contribution in [0.15, 0.2) is 65.9 Å². The standard InChI is InChI=1S/C46H49F2N11O4S/c1-27-7-12-58(44(62)51-27)42-33-16-36(48)40(17-39(33)54(2)52-42)56-24-46(25-56)18-28(19-46)55-13-9-45(10-14-55)20-29(21-45)59-26-50-37-5-3-31(15-32(37)43(59)61)63-41-34(22-49)38(6-4-35(41)47)53-64-57-11-8-30(60)23-57/h3-6,15-17,26,28-30,53,60H,1,7-14,18-21,23-25H2,2H3,(H,51,62). The third kappa shape index (κ3) is 7.04. The average Bonchev–Trinajstić information content (AvgIpc) is 3.80. The highest BCUT2D eigenvalue weighted by Gasteiger charge is 2.56. The number of aliphatic hydroxyl groups is 1. The number of benzene rings is 3. The molecule has 3 aromatic carbocycles. The van der Waals surface area contributed by atoms with Gasteiger partial charge in [-0.05, 0) is 106 Å². The maximum Gasteiger partial charge on any atom is 0.327 e. The number of halogens is 2. The Morgan fingerprint density at radius 1 is 0.984 bits per heavy atom. The highest BCUT2D eigenvalue weighted by molar-refractivity contribution is 7.98. The van der Waals surface area contributed by atoms with Gasteiger partial charge in [-0.15, -0.1) is 0 Å². The molecule has 6 aliphatic rings. The Balaban J connectivity index is 0.691. The Kier molecular flexibility index (Phi) is 9.91. The summed E-state index contributed by atoms with van der Waals surface area (Å²) in [7, 11) is 1.82. The molecule has 6 heterocycles. The summed E-state index contributed by atoms with van der Waals surface area (Å²) in [5, 5.41) is 28.2. The maximum absolute atomic E-state index is 15.7. The lowest BCUT2D eigenvalue weighted by Gasteiger charge is -2.63. The van der Waals surface area contributed by atoms with E-state index in [0.29, 0.717) is 77.7 Å². The van der Waals surface area contributed by atoms with E-state index in [4.69, 9.17) is 4.74 Å². The Morgan fingerprint density at radius 3 is 2.50 bits per heavy atom. The van der Waals surface area contributed by atoms with Crippen molar-refractivity contribution < 1.29 is 23.4 Å². The number of urea groups is 1. The van der Waals surface area contributed by atoms with E-state index < -0.39 is 11.9 Å². The van der Waals surface area contributed by atoms with Gasteiger partial charge in [-0.25, -0.2) is 22.9 Å². The highest BCUT2D eigenvalue weighted by Crippen LogP contribution is 2.57. The number of fused-ring (bicyclic) bond motifs is 2. The summed E-state index contributed by atoms with van der Waals surface area (Å²) in [6, 6.07) is 13.3. The molecule has 2 aliphatic carbocycles. The molecule has 6 fully saturated rings. The van der Waals surface area contributed by atoms with Gasteiger partial charge in [-0.1, -0.05) is 6.58 Å². The van der Waals surface area contributed by atoms with Crippen molar-refractivity contribution in [1.82, 2.24) is 33.9 Å². The van der Waals surface area contributed by atoms with E-state index in [-0.39, 0.29) is 51.3 Å². The number of ether oxygens (including phenoxy) is 1. The summed E-state index contributed by atoms with van der Waals surface area (Å²) in [5.74, 6) is -0.562. The van der Waals surface area contributed by atoms with Crippen molar-refractivity contribution >= 4 is 57.2 Å². The number of hydrogen-bond acceptors (Lipinski definition) is 12. The van der Waals surface area contributed by atoms with Crippen LogP contribution >= 0.6 is 12.1 Å². The number of aromatic nitrogens is 4. The number of anilines is 3. The van der Waals surface area contributed by atoms with Crippen molar-refractivity contribution in [2.24, 2.45) is 17.9 Å². The van der Waals surface area contributed by atoms with E-state index in [1.807, 2.05) is 17.4 Å². The number of carbonyl (C=O) groups is 1. The smallest absolute Gasteiger partial charge is 0.327 e. The van der Waals surface area contributed by atoms with E-state index in [1.165, 1.54) is 30.3 Å². The second-order valence-electron chi connectivity index (χ2n) is 18.9. The molecule has 1 atom stereocenters. The van der Waals surface area contributed by atoms with Crippen LogP contribution in [0.2, 0.25) is 0 Å². The van der Waals surface area contributed by atoms with Gasteiger partial charge in [-0.3, -0.25) is 18.9 Å². The highest BCUT2D eigenvalue weighted by atomic mass is 32.2. The summed E-state index contributed by atoms with van der Waals surface area (Å²) in [6.07, 6.45) is 8.69. The van der Waals surface area contributed by atoms with Crippen LogP contribution < -0.4 is 30.1 Å². The molecule has 11 rings (SSSR count). The van der Waals surface area contributed by atoms with Crippen LogP contribution in [-0.4, -0.2) is 97.6 Å². The molecule has 15 nitrogen and oxygen atoms in total. The predicted molar refractivity (Wildman–Crippen MR) is 240 cm³/mol. The van der Waals surface area contributed by atoms with Crippen LogP contribution in [0.3, 0.4) is 0 Å². The zero-order chi connectivity index (χ0) is 44.1. The van der Waals surface area contributed by atoms with Gasteiger partial charge in [0, 0.05) is 86.9 Å². The van der Waals surface area contributed by atoms with Gasteiger partial charge in [0.05, 0.1) is 40.2 Å². The molecule has 1 unspecified atom stereocenters. The van der Waals surface area contributed by atoms with Crippen molar-refractivity contribution in [3.8, 4) is 17.6 Å². The molecule has 2 aromatic heterocycles. The first-order valence-corrected chi connectivity index (χ1v) is 22.8. The quantitative estimate of drug-likeness (QED) is 0.133. The Hall–Kier alpha value is -5.74. The number of hydrogen-bond donors (Lipinski definition) is 3. The van der Waals surface area contributed by atoms with E-state index >= 15 is 8.78 Å². The number of nitriles is 1. The van der Waals surface area contributed by atoms with Crippen molar-refractivity contribution in [2.75, 3.05) is 60.3 Å². The number of piperidine rings is 1. The number of rotatable bonds is 9. The van der Waals surface area contributed by atoms with Crippen molar-refractivity contribution in [3.63, 3.8) is 0 Å². The number of aryl methyl sites for hydroxylation is 1. The lowest BCUT2D eigenvalue weighted by atomic mass is 9.57. The van der Waals surface area contributed by atoms with E-state index in [2.05, 4.69) is 42.6 Å². The fourth-order valence-electron chi connectivity index (χ4n) is 11.1. The zero-order valence-corrected chi connectivity index (χ0v) is 36.3. The molecule has 18 heteroatoms. The van der Waals surface area contributed by atoms with Gasteiger partial charge in [0.2, 0.25) is 0 Å². The third-order valence-electron chi connectivity index (χ3n) is 14.8. The van der Waals surface area contributed by atoms with Crippen LogP contribution in [0.25, 0.3) is 21.8 Å². The summed E-state index contributed by atoms with van der Waals surface area (Å²) in [6.45, 7) is 9.15. The van der Waals surface area contributed by atoms with Gasteiger partial charge in [0.1, 0.15) is 23.2 Å². The number of amides is 2. The molecular formula is C46H49F2N11O4S. The summed E-state index contributed by atoms with van der Waals surface area (Å²) in [4.78, 5) is 37.5. The van der Waals surface area contributed by atoms with Crippen molar-refractivity contribution in [3.05, 3.63) is 88.6 Å². The van der Waals surface area contributed by atoms with Crippen LogP contribution in [0.5, 0.6) is 11.5 Å². The fraction of sp³-hybridized carbons (Fsp3) is 0.457. The summed E-state index contributed by atoms with van der Waals surface area (Å²) in [5.41, 5.74) is 3.14. The lowest BCUT2D eigenvalue weighted by Crippen LogP contribution is -2.67. The minimum Gasteiger partial charge on any atom is -0.453 e. The van der Waals surface area contributed by atoms with Crippen molar-refractivity contribution in [2.45, 2.75) is 69.6 Å².